The van der Waals surface area contributed by atoms with Gasteiger partial charge in [-0.2, -0.15) is 5.10 Å². The minimum absolute atomic E-state index is 0.0285. The molecule has 0 bridgehead atoms. The van der Waals surface area contributed by atoms with Gasteiger partial charge < -0.3 is 10.2 Å². The minimum atomic E-state index is -0.113. The van der Waals surface area contributed by atoms with E-state index in [4.69, 9.17) is 0 Å². The van der Waals surface area contributed by atoms with Gasteiger partial charge in [0.15, 0.2) is 0 Å². The second kappa shape index (κ2) is 7.38. The zero-order valence-corrected chi connectivity index (χ0v) is 12.2. The molecule has 0 aliphatic carbocycles. The van der Waals surface area contributed by atoms with Crippen LogP contribution in [0.15, 0.2) is 5.10 Å². The first kappa shape index (κ1) is 15.0. The Balaban J connectivity index is 1.95. The number of nitrogens with zero attached hydrogens (tertiary/aromatic N) is 2. The van der Waals surface area contributed by atoms with E-state index in [2.05, 4.69) is 22.8 Å². The van der Waals surface area contributed by atoms with Crippen LogP contribution >= 0.6 is 0 Å². The highest BCUT2D eigenvalue weighted by Crippen LogP contribution is 2.11. The van der Waals surface area contributed by atoms with Gasteiger partial charge in [0.05, 0.1) is 0 Å². The molecule has 1 atom stereocenters. The second-order valence-corrected chi connectivity index (χ2v) is 5.49. The Morgan fingerprint density at radius 3 is 2.85 bits per heavy atom. The molecular weight excluding hydrogens is 256 g/mol. The molecule has 1 saturated heterocycles. The molecule has 0 aromatic heterocycles. The molecule has 2 rings (SSSR count). The van der Waals surface area contributed by atoms with Gasteiger partial charge in [-0.25, -0.2) is 5.43 Å². The van der Waals surface area contributed by atoms with E-state index in [-0.39, 0.29) is 11.8 Å². The Morgan fingerprint density at radius 1 is 1.40 bits per heavy atom. The van der Waals surface area contributed by atoms with Crippen molar-refractivity contribution in [2.24, 2.45) is 5.10 Å². The van der Waals surface area contributed by atoms with Crippen molar-refractivity contribution < 1.29 is 9.59 Å². The van der Waals surface area contributed by atoms with Crippen molar-refractivity contribution in [3.63, 3.8) is 0 Å². The van der Waals surface area contributed by atoms with Crippen LogP contribution in [0.5, 0.6) is 0 Å². The Bertz CT molecular complexity index is 389. The predicted octanol–water partition coefficient (Wildman–Crippen LogP) is 0.633. The number of nitrogens with one attached hydrogen (secondary N) is 2. The summed E-state index contributed by atoms with van der Waals surface area (Å²) in [5.41, 5.74) is 2.88. The van der Waals surface area contributed by atoms with Crippen LogP contribution in [0, 0.1) is 0 Å². The maximum Gasteiger partial charge on any atom is 0.270 e. The number of hydrogen-bond acceptors (Lipinski definition) is 4. The van der Waals surface area contributed by atoms with Crippen molar-refractivity contribution in [2.45, 2.75) is 51.5 Å². The maximum absolute atomic E-state index is 12.5. The van der Waals surface area contributed by atoms with E-state index < -0.39 is 0 Å². The maximum atomic E-state index is 12.5. The van der Waals surface area contributed by atoms with Gasteiger partial charge >= 0.3 is 0 Å². The number of piperidine rings is 1. The number of rotatable bonds is 5. The zero-order chi connectivity index (χ0) is 14.4. The molecule has 0 aromatic carbocycles. The van der Waals surface area contributed by atoms with Gasteiger partial charge in [-0.3, -0.25) is 9.59 Å². The summed E-state index contributed by atoms with van der Waals surface area (Å²) in [7, 11) is 0. The highest BCUT2D eigenvalue weighted by molar-refractivity contribution is 6.39. The van der Waals surface area contributed by atoms with E-state index in [1.54, 1.807) is 0 Å². The molecule has 0 radical (unpaired) electrons. The molecule has 2 aliphatic rings. The standard InChI is InChI=1S/C14H24N4O2/c1-2-9-18(10-11-5-3-4-8-15-11)14(20)12-6-7-13(19)17-16-12/h11,15H,2-10H2,1H3,(H,17,19). The van der Waals surface area contributed by atoms with E-state index in [1.807, 2.05) is 4.90 Å². The van der Waals surface area contributed by atoms with Crippen LogP contribution in [0.3, 0.4) is 0 Å². The number of hydrogen-bond donors (Lipinski definition) is 2. The fourth-order valence-electron chi connectivity index (χ4n) is 2.70. The molecule has 112 valence electrons. The highest BCUT2D eigenvalue weighted by atomic mass is 16.2. The molecular formula is C14H24N4O2. The Kier molecular flexibility index (Phi) is 5.52. The zero-order valence-electron chi connectivity index (χ0n) is 12.2. The first-order chi connectivity index (χ1) is 9.70. The van der Waals surface area contributed by atoms with Crippen LogP contribution in [0.2, 0.25) is 0 Å². The molecule has 6 nitrogen and oxygen atoms in total. The summed E-state index contributed by atoms with van der Waals surface area (Å²) in [6.07, 6.45) is 5.30. The number of amides is 2. The van der Waals surface area contributed by atoms with Crippen molar-refractivity contribution in [1.82, 2.24) is 15.6 Å². The SMILES string of the molecule is CCCN(CC1CCCCN1)C(=O)C1=NNC(=O)CC1. The fourth-order valence-corrected chi connectivity index (χ4v) is 2.70. The Hall–Kier alpha value is -1.43. The van der Waals surface area contributed by atoms with E-state index in [9.17, 15) is 9.59 Å². The van der Waals surface area contributed by atoms with Gasteiger partial charge in [-0.1, -0.05) is 13.3 Å². The largest absolute Gasteiger partial charge is 0.336 e. The molecule has 2 aliphatic heterocycles. The van der Waals surface area contributed by atoms with Crippen molar-refractivity contribution in [2.75, 3.05) is 19.6 Å². The van der Waals surface area contributed by atoms with Crippen LogP contribution in [0.25, 0.3) is 0 Å². The molecule has 1 unspecified atom stereocenters. The molecule has 0 aromatic rings. The summed E-state index contributed by atoms with van der Waals surface area (Å²) in [5.74, 6) is -0.142. The summed E-state index contributed by atoms with van der Waals surface area (Å²) in [5, 5.41) is 7.38. The summed E-state index contributed by atoms with van der Waals surface area (Å²) in [6, 6.07) is 0.387. The quantitative estimate of drug-likeness (QED) is 0.776. The molecule has 2 amide bonds. The minimum Gasteiger partial charge on any atom is -0.336 e. The number of carbonyl (C=O) groups is 2. The van der Waals surface area contributed by atoms with Crippen molar-refractivity contribution in [3.05, 3.63) is 0 Å². The molecule has 20 heavy (non-hydrogen) atoms. The van der Waals surface area contributed by atoms with Crippen LogP contribution in [0.4, 0.5) is 0 Å². The van der Waals surface area contributed by atoms with E-state index in [0.29, 0.717) is 24.6 Å². The third kappa shape index (κ3) is 4.03. The summed E-state index contributed by atoms with van der Waals surface area (Å²) >= 11 is 0. The van der Waals surface area contributed by atoms with Gasteiger partial charge in [-0.15, -0.1) is 0 Å². The van der Waals surface area contributed by atoms with Crippen LogP contribution in [0.1, 0.15) is 45.4 Å². The Morgan fingerprint density at radius 2 is 2.25 bits per heavy atom. The van der Waals surface area contributed by atoms with Crippen LogP contribution in [-0.4, -0.2) is 48.1 Å². The lowest BCUT2D eigenvalue weighted by Gasteiger charge is -2.31. The molecule has 2 N–H and O–H groups in total. The highest BCUT2D eigenvalue weighted by Gasteiger charge is 2.25. The van der Waals surface area contributed by atoms with Crippen LogP contribution in [-0.2, 0) is 9.59 Å². The summed E-state index contributed by atoms with van der Waals surface area (Å²) < 4.78 is 0. The normalized spacial score (nSPS) is 22.9. The lowest BCUT2D eigenvalue weighted by molar-refractivity contribution is -0.125. The van der Waals surface area contributed by atoms with Gasteiger partial charge in [-0.05, 0) is 25.8 Å². The predicted molar refractivity (Wildman–Crippen MR) is 77.3 cm³/mol. The number of carbonyl (C=O) groups excluding carboxylic acids is 2. The third-order valence-electron chi connectivity index (χ3n) is 3.79. The smallest absolute Gasteiger partial charge is 0.270 e. The van der Waals surface area contributed by atoms with Crippen LogP contribution < -0.4 is 10.7 Å². The van der Waals surface area contributed by atoms with E-state index in [1.165, 1.54) is 12.8 Å². The van der Waals surface area contributed by atoms with Crippen molar-refractivity contribution in [1.29, 1.82) is 0 Å². The summed E-state index contributed by atoms with van der Waals surface area (Å²) in [4.78, 5) is 25.4. The lowest BCUT2D eigenvalue weighted by atomic mass is 10.0. The van der Waals surface area contributed by atoms with E-state index >= 15 is 0 Å². The molecule has 0 saturated carbocycles. The van der Waals surface area contributed by atoms with Gasteiger partial charge in [0.2, 0.25) is 5.91 Å². The van der Waals surface area contributed by atoms with Gasteiger partial charge in [0.1, 0.15) is 5.71 Å². The number of hydrazone groups is 1. The lowest BCUT2D eigenvalue weighted by Crippen LogP contribution is -2.48. The molecule has 6 heteroatoms. The van der Waals surface area contributed by atoms with Crippen molar-refractivity contribution in [3.8, 4) is 0 Å². The topological polar surface area (TPSA) is 73.8 Å². The Labute approximate surface area is 120 Å². The first-order valence-electron chi connectivity index (χ1n) is 7.58. The molecule has 1 fully saturated rings. The van der Waals surface area contributed by atoms with E-state index in [0.717, 1.165) is 32.5 Å². The average Bonchev–Trinajstić information content (AvgIpc) is 2.48. The van der Waals surface area contributed by atoms with Gasteiger partial charge in [0.25, 0.3) is 5.91 Å². The second-order valence-electron chi connectivity index (χ2n) is 5.49. The summed E-state index contributed by atoms with van der Waals surface area (Å²) in [6.45, 7) is 4.58. The molecule has 0 spiro atoms. The van der Waals surface area contributed by atoms with Gasteiger partial charge in [0, 0.05) is 32.0 Å². The third-order valence-corrected chi connectivity index (χ3v) is 3.79. The first-order valence-corrected chi connectivity index (χ1v) is 7.58. The monoisotopic (exact) mass is 280 g/mol. The average molecular weight is 280 g/mol. The molecule has 2 heterocycles. The van der Waals surface area contributed by atoms with Crippen molar-refractivity contribution >= 4 is 17.5 Å². The fraction of sp³-hybridized carbons (Fsp3) is 0.786.